The van der Waals surface area contributed by atoms with E-state index in [2.05, 4.69) is 15.4 Å². The second-order valence-electron chi connectivity index (χ2n) is 5.81. The fraction of sp³-hybridized carbons (Fsp3) is 0.400. The Morgan fingerprint density at radius 2 is 2.12 bits per heavy atom. The Balaban J connectivity index is 1.76. The Kier molecular flexibility index (Phi) is 4.63. The van der Waals surface area contributed by atoms with Gasteiger partial charge in [0.25, 0.3) is 0 Å². The number of para-hydroxylation sites is 2. The van der Waals surface area contributed by atoms with E-state index in [9.17, 15) is 13.2 Å². The van der Waals surface area contributed by atoms with E-state index in [1.165, 1.54) is 16.9 Å². The Morgan fingerprint density at radius 3 is 2.83 bits per heavy atom. The summed E-state index contributed by atoms with van der Waals surface area (Å²) in [5.74, 6) is -0.548. The van der Waals surface area contributed by atoms with Crippen molar-refractivity contribution in [1.29, 1.82) is 0 Å². The number of carbonyl (C=O) groups excluding carboxylic acids is 1. The molecule has 0 saturated carbocycles. The zero-order valence-corrected chi connectivity index (χ0v) is 14.1. The summed E-state index contributed by atoms with van der Waals surface area (Å²) >= 11 is 0. The third-order valence-corrected chi connectivity index (χ3v) is 5.32. The molecule has 8 nitrogen and oxygen atoms in total. The number of anilines is 1. The number of carbonyl (C=O) groups is 1. The molecule has 1 aromatic heterocycles. The molecule has 0 bridgehead atoms. The van der Waals surface area contributed by atoms with Crippen LogP contribution in [0.25, 0.3) is 5.69 Å². The van der Waals surface area contributed by atoms with Crippen LogP contribution in [0.4, 0.5) is 5.69 Å². The minimum absolute atomic E-state index is 0.184. The van der Waals surface area contributed by atoms with Gasteiger partial charge in [-0.2, -0.15) is 5.10 Å². The zero-order valence-electron chi connectivity index (χ0n) is 13.3. The van der Waals surface area contributed by atoms with Gasteiger partial charge in [0.15, 0.2) is 0 Å². The van der Waals surface area contributed by atoms with Crippen molar-refractivity contribution in [3.63, 3.8) is 0 Å². The highest BCUT2D eigenvalue weighted by Crippen LogP contribution is 2.23. The zero-order chi connectivity index (χ0) is 17.2. The standard InChI is InChI=1S/C15H19N5O3S/c1-24(22,23)19-8-4-5-12(9-19)15(21)18-13-6-2-3-7-14(13)20-11-16-10-17-20/h2-3,6-7,10-12H,4-5,8-9H2,1H3,(H,18,21). The monoisotopic (exact) mass is 349 g/mol. The van der Waals surface area contributed by atoms with E-state index >= 15 is 0 Å². The lowest BCUT2D eigenvalue weighted by Crippen LogP contribution is -2.43. The van der Waals surface area contributed by atoms with Crippen molar-refractivity contribution in [1.82, 2.24) is 19.1 Å². The van der Waals surface area contributed by atoms with Gasteiger partial charge >= 0.3 is 0 Å². The maximum absolute atomic E-state index is 12.6. The summed E-state index contributed by atoms with van der Waals surface area (Å²) < 4.78 is 26.3. The fourth-order valence-electron chi connectivity index (χ4n) is 2.80. The van der Waals surface area contributed by atoms with E-state index in [1.807, 2.05) is 18.2 Å². The van der Waals surface area contributed by atoms with E-state index in [1.54, 1.807) is 17.1 Å². The van der Waals surface area contributed by atoms with Crippen LogP contribution in [0.1, 0.15) is 12.8 Å². The Bertz CT molecular complexity index is 819. The van der Waals surface area contributed by atoms with E-state index in [0.29, 0.717) is 30.8 Å². The first kappa shape index (κ1) is 16.6. The van der Waals surface area contributed by atoms with E-state index in [0.717, 1.165) is 0 Å². The average Bonchev–Trinajstić information content (AvgIpc) is 3.09. The summed E-state index contributed by atoms with van der Waals surface area (Å²) in [4.78, 5) is 16.5. The van der Waals surface area contributed by atoms with Gasteiger partial charge in [0.05, 0.1) is 23.5 Å². The number of sulfonamides is 1. The molecule has 3 rings (SSSR count). The Morgan fingerprint density at radius 1 is 1.33 bits per heavy atom. The molecule has 1 saturated heterocycles. The summed E-state index contributed by atoms with van der Waals surface area (Å²) in [6, 6.07) is 7.28. The Labute approximate surface area is 140 Å². The third-order valence-electron chi connectivity index (χ3n) is 4.05. The van der Waals surface area contributed by atoms with Crippen molar-refractivity contribution in [3.05, 3.63) is 36.9 Å². The molecular weight excluding hydrogens is 330 g/mol. The van der Waals surface area contributed by atoms with E-state index in [4.69, 9.17) is 0 Å². The molecule has 0 spiro atoms. The van der Waals surface area contributed by atoms with Gasteiger partial charge in [-0.1, -0.05) is 12.1 Å². The van der Waals surface area contributed by atoms with Crippen LogP contribution >= 0.6 is 0 Å². The predicted octanol–water partition coefficient (Wildman–Crippen LogP) is 0.877. The van der Waals surface area contributed by atoms with Crippen LogP contribution in [0.15, 0.2) is 36.9 Å². The molecule has 1 aliphatic rings. The van der Waals surface area contributed by atoms with Crippen molar-refractivity contribution < 1.29 is 13.2 Å². The molecule has 1 atom stereocenters. The predicted molar refractivity (Wildman–Crippen MR) is 89.1 cm³/mol. The molecule has 1 amide bonds. The highest BCUT2D eigenvalue weighted by molar-refractivity contribution is 7.88. The Hall–Kier alpha value is -2.26. The number of aromatic nitrogens is 3. The molecule has 24 heavy (non-hydrogen) atoms. The van der Waals surface area contributed by atoms with E-state index < -0.39 is 10.0 Å². The summed E-state index contributed by atoms with van der Waals surface area (Å²) in [6.07, 6.45) is 5.49. The van der Waals surface area contributed by atoms with Crippen molar-refractivity contribution in [2.75, 3.05) is 24.7 Å². The largest absolute Gasteiger partial charge is 0.324 e. The second kappa shape index (κ2) is 6.70. The summed E-state index contributed by atoms with van der Waals surface area (Å²) in [7, 11) is -3.28. The van der Waals surface area contributed by atoms with Gasteiger partial charge in [0.2, 0.25) is 15.9 Å². The molecule has 0 aliphatic carbocycles. The molecule has 2 aromatic rings. The van der Waals surface area contributed by atoms with Gasteiger partial charge < -0.3 is 5.32 Å². The molecule has 1 fully saturated rings. The van der Waals surface area contributed by atoms with Crippen LogP contribution in [0.3, 0.4) is 0 Å². The molecule has 9 heteroatoms. The topological polar surface area (TPSA) is 97.2 Å². The van der Waals surface area contributed by atoms with Crippen molar-refractivity contribution in [2.45, 2.75) is 12.8 Å². The molecule has 1 aromatic carbocycles. The number of nitrogens with zero attached hydrogens (tertiary/aromatic N) is 4. The van der Waals surface area contributed by atoms with Crippen molar-refractivity contribution >= 4 is 21.6 Å². The lowest BCUT2D eigenvalue weighted by Gasteiger charge is -2.30. The molecule has 0 radical (unpaired) electrons. The fourth-order valence-corrected chi connectivity index (χ4v) is 3.72. The highest BCUT2D eigenvalue weighted by atomic mass is 32.2. The second-order valence-corrected chi connectivity index (χ2v) is 7.79. The molecule has 1 aliphatic heterocycles. The number of rotatable bonds is 4. The summed E-state index contributed by atoms with van der Waals surface area (Å²) in [6.45, 7) is 0.689. The third kappa shape index (κ3) is 3.62. The van der Waals surface area contributed by atoms with Gasteiger partial charge in [-0.25, -0.2) is 22.4 Å². The first-order chi connectivity index (χ1) is 11.4. The maximum atomic E-state index is 12.6. The average molecular weight is 349 g/mol. The minimum Gasteiger partial charge on any atom is -0.324 e. The SMILES string of the molecule is CS(=O)(=O)N1CCCC(C(=O)Nc2ccccc2-n2cncn2)C1. The van der Waals surface area contributed by atoms with Gasteiger partial charge in [-0.05, 0) is 25.0 Å². The van der Waals surface area contributed by atoms with Gasteiger partial charge in [-0.15, -0.1) is 0 Å². The molecule has 128 valence electrons. The lowest BCUT2D eigenvalue weighted by molar-refractivity contribution is -0.120. The number of hydrogen-bond acceptors (Lipinski definition) is 5. The van der Waals surface area contributed by atoms with Crippen LogP contribution in [-0.4, -0.2) is 52.7 Å². The van der Waals surface area contributed by atoms with Gasteiger partial charge in [0.1, 0.15) is 12.7 Å². The quantitative estimate of drug-likeness (QED) is 0.884. The lowest BCUT2D eigenvalue weighted by atomic mass is 9.98. The molecule has 1 unspecified atom stereocenters. The molecular formula is C15H19N5O3S. The van der Waals surface area contributed by atoms with Crippen LogP contribution < -0.4 is 5.32 Å². The van der Waals surface area contributed by atoms with Crippen LogP contribution in [0.5, 0.6) is 0 Å². The molecule has 2 heterocycles. The number of nitrogens with one attached hydrogen (secondary N) is 1. The van der Waals surface area contributed by atoms with Gasteiger partial charge in [0, 0.05) is 13.1 Å². The summed E-state index contributed by atoms with van der Waals surface area (Å²) in [5, 5.41) is 6.97. The molecule has 1 N–H and O–H groups in total. The van der Waals surface area contributed by atoms with Crippen LogP contribution in [-0.2, 0) is 14.8 Å². The first-order valence-electron chi connectivity index (χ1n) is 7.65. The smallest absolute Gasteiger partial charge is 0.228 e. The summed E-state index contributed by atoms with van der Waals surface area (Å²) in [5.41, 5.74) is 1.32. The number of piperidine rings is 1. The number of hydrogen-bond donors (Lipinski definition) is 1. The number of amides is 1. The van der Waals surface area contributed by atoms with Crippen LogP contribution in [0, 0.1) is 5.92 Å². The number of benzene rings is 1. The van der Waals surface area contributed by atoms with Gasteiger partial charge in [-0.3, -0.25) is 4.79 Å². The normalized spacial score (nSPS) is 19.1. The maximum Gasteiger partial charge on any atom is 0.228 e. The van der Waals surface area contributed by atoms with E-state index in [-0.39, 0.29) is 18.4 Å². The van der Waals surface area contributed by atoms with Crippen molar-refractivity contribution in [3.8, 4) is 5.69 Å². The highest BCUT2D eigenvalue weighted by Gasteiger charge is 2.30. The first-order valence-corrected chi connectivity index (χ1v) is 9.50. The van der Waals surface area contributed by atoms with Crippen LogP contribution in [0.2, 0.25) is 0 Å². The minimum atomic E-state index is -3.28. The van der Waals surface area contributed by atoms with Crippen molar-refractivity contribution in [2.24, 2.45) is 5.92 Å².